The molecule has 18 heavy (non-hydrogen) atoms. The zero-order valence-corrected chi connectivity index (χ0v) is 11.5. The van der Waals surface area contributed by atoms with Gasteiger partial charge < -0.3 is 9.47 Å². The number of alkyl halides is 1. The average molecular weight is 269 g/mol. The zero-order valence-electron chi connectivity index (χ0n) is 10.7. The van der Waals surface area contributed by atoms with Crippen molar-refractivity contribution in [1.82, 2.24) is 9.47 Å². The summed E-state index contributed by atoms with van der Waals surface area (Å²) in [5.74, 6) is 1.50. The van der Waals surface area contributed by atoms with E-state index in [1.54, 1.807) is 16.7 Å². The Labute approximate surface area is 113 Å². The molecular formula is C14H21ClN2O. The lowest BCUT2D eigenvalue weighted by Gasteiger charge is -2.32. The van der Waals surface area contributed by atoms with E-state index >= 15 is 0 Å². The van der Waals surface area contributed by atoms with Crippen LogP contribution in [0.15, 0.2) is 29.2 Å². The number of hydrogen-bond donors (Lipinski definition) is 0. The fraction of sp³-hybridized carbons (Fsp3) is 0.643. The van der Waals surface area contributed by atoms with Crippen LogP contribution in [0.1, 0.15) is 19.3 Å². The lowest BCUT2D eigenvalue weighted by molar-refractivity contribution is 0.166. The number of piperidine rings is 1. The van der Waals surface area contributed by atoms with Gasteiger partial charge in [-0.2, -0.15) is 0 Å². The van der Waals surface area contributed by atoms with Gasteiger partial charge in [-0.15, -0.1) is 11.6 Å². The van der Waals surface area contributed by atoms with Crippen molar-refractivity contribution in [2.24, 2.45) is 5.92 Å². The van der Waals surface area contributed by atoms with Gasteiger partial charge in [0.15, 0.2) is 0 Å². The Morgan fingerprint density at radius 1 is 1.33 bits per heavy atom. The number of likely N-dealkylation sites (tertiary alicyclic amines) is 1. The van der Waals surface area contributed by atoms with E-state index < -0.39 is 0 Å². The van der Waals surface area contributed by atoms with Crippen LogP contribution in [-0.2, 0) is 6.54 Å². The summed E-state index contributed by atoms with van der Waals surface area (Å²) in [6.07, 6.45) is 5.53. The van der Waals surface area contributed by atoms with Gasteiger partial charge in [0.25, 0.3) is 5.56 Å². The zero-order chi connectivity index (χ0) is 12.8. The summed E-state index contributed by atoms with van der Waals surface area (Å²) in [7, 11) is 0. The maximum Gasteiger partial charge on any atom is 0.250 e. The highest BCUT2D eigenvalue weighted by Crippen LogP contribution is 2.19. The van der Waals surface area contributed by atoms with E-state index in [1.165, 1.54) is 12.8 Å². The van der Waals surface area contributed by atoms with Crippen LogP contribution in [0.5, 0.6) is 0 Å². The number of nitrogens with zero attached hydrogens (tertiary/aromatic N) is 2. The van der Waals surface area contributed by atoms with Gasteiger partial charge in [-0.3, -0.25) is 4.79 Å². The second kappa shape index (κ2) is 6.95. The average Bonchev–Trinajstić information content (AvgIpc) is 2.39. The fourth-order valence-corrected chi connectivity index (χ4v) is 2.95. The Bertz CT molecular complexity index is 416. The van der Waals surface area contributed by atoms with E-state index in [9.17, 15) is 4.79 Å². The first kappa shape index (κ1) is 13.6. The summed E-state index contributed by atoms with van der Waals surface area (Å²) >= 11 is 5.81. The van der Waals surface area contributed by atoms with Gasteiger partial charge in [-0.05, 0) is 37.8 Å². The van der Waals surface area contributed by atoms with Crippen molar-refractivity contribution < 1.29 is 0 Å². The first-order valence-electron chi connectivity index (χ1n) is 6.73. The molecule has 1 aliphatic heterocycles. The normalized spacial score (nSPS) is 21.1. The number of rotatable bonds is 5. The molecule has 0 aromatic carbocycles. The molecule has 100 valence electrons. The molecule has 1 fully saturated rings. The van der Waals surface area contributed by atoms with Crippen LogP contribution in [0.2, 0.25) is 0 Å². The predicted octanol–water partition coefficient (Wildman–Crippen LogP) is 2.19. The van der Waals surface area contributed by atoms with Crippen LogP contribution in [0.3, 0.4) is 0 Å². The summed E-state index contributed by atoms with van der Waals surface area (Å²) in [6, 6.07) is 5.32. The maximum atomic E-state index is 11.6. The van der Waals surface area contributed by atoms with E-state index in [-0.39, 0.29) is 5.56 Å². The number of pyridine rings is 1. The first-order chi connectivity index (χ1) is 8.79. The molecule has 0 amide bonds. The highest BCUT2D eigenvalue weighted by molar-refractivity contribution is 6.17. The van der Waals surface area contributed by atoms with Gasteiger partial charge in [-0.1, -0.05) is 6.07 Å². The fourth-order valence-electron chi connectivity index (χ4n) is 2.64. The number of aromatic nitrogens is 1. The van der Waals surface area contributed by atoms with Crippen molar-refractivity contribution in [3.63, 3.8) is 0 Å². The molecule has 1 unspecified atom stereocenters. The van der Waals surface area contributed by atoms with Crippen molar-refractivity contribution >= 4 is 11.6 Å². The van der Waals surface area contributed by atoms with Crippen LogP contribution >= 0.6 is 11.6 Å². The second-order valence-corrected chi connectivity index (χ2v) is 5.40. The lowest BCUT2D eigenvalue weighted by atomic mass is 9.96. The van der Waals surface area contributed by atoms with Crippen LogP contribution in [-0.4, -0.2) is 35.0 Å². The van der Waals surface area contributed by atoms with Crippen molar-refractivity contribution in [2.45, 2.75) is 25.8 Å². The van der Waals surface area contributed by atoms with E-state index in [2.05, 4.69) is 4.90 Å². The molecule has 3 nitrogen and oxygen atoms in total. The summed E-state index contributed by atoms with van der Waals surface area (Å²) in [5.41, 5.74) is 0.0896. The summed E-state index contributed by atoms with van der Waals surface area (Å²) in [5, 5.41) is 0. The van der Waals surface area contributed by atoms with Crippen molar-refractivity contribution in [1.29, 1.82) is 0 Å². The number of hydrogen-bond acceptors (Lipinski definition) is 2. The smallest absolute Gasteiger partial charge is 0.250 e. The third kappa shape index (κ3) is 3.85. The van der Waals surface area contributed by atoms with Gasteiger partial charge >= 0.3 is 0 Å². The largest absolute Gasteiger partial charge is 0.314 e. The van der Waals surface area contributed by atoms with Crippen molar-refractivity contribution in [3.8, 4) is 0 Å². The minimum atomic E-state index is 0.0896. The third-order valence-electron chi connectivity index (χ3n) is 3.68. The van der Waals surface area contributed by atoms with Crippen LogP contribution in [0, 0.1) is 5.92 Å². The van der Waals surface area contributed by atoms with Crippen LogP contribution < -0.4 is 5.56 Å². The molecule has 1 saturated heterocycles. The topological polar surface area (TPSA) is 25.2 Å². The summed E-state index contributed by atoms with van der Waals surface area (Å²) in [6.45, 7) is 4.03. The van der Waals surface area contributed by atoms with Gasteiger partial charge in [0.1, 0.15) is 0 Å². The van der Waals surface area contributed by atoms with Crippen molar-refractivity contribution in [3.05, 3.63) is 34.7 Å². The minimum Gasteiger partial charge on any atom is -0.314 e. The highest BCUT2D eigenvalue weighted by atomic mass is 35.5. The minimum absolute atomic E-state index is 0.0896. The molecule has 0 N–H and O–H groups in total. The molecule has 0 radical (unpaired) electrons. The Morgan fingerprint density at radius 2 is 2.22 bits per heavy atom. The Kier molecular flexibility index (Phi) is 5.26. The molecule has 0 saturated carbocycles. The van der Waals surface area contributed by atoms with E-state index in [0.717, 1.165) is 44.4 Å². The monoisotopic (exact) mass is 268 g/mol. The molecule has 1 atom stereocenters. The highest BCUT2D eigenvalue weighted by Gasteiger charge is 2.18. The predicted molar refractivity (Wildman–Crippen MR) is 75.2 cm³/mol. The van der Waals surface area contributed by atoms with Gasteiger partial charge in [0.2, 0.25) is 0 Å². The van der Waals surface area contributed by atoms with Gasteiger partial charge in [0.05, 0.1) is 0 Å². The Balaban J connectivity index is 1.83. The van der Waals surface area contributed by atoms with Gasteiger partial charge in [0, 0.05) is 37.8 Å². The van der Waals surface area contributed by atoms with E-state index in [1.807, 2.05) is 12.3 Å². The quantitative estimate of drug-likeness (QED) is 0.765. The molecule has 0 spiro atoms. The molecule has 0 bridgehead atoms. The van der Waals surface area contributed by atoms with Crippen molar-refractivity contribution in [2.75, 3.05) is 25.5 Å². The molecule has 0 aliphatic carbocycles. The SMILES string of the molecule is O=c1ccccn1CCN1CCCC(CCCl)C1. The van der Waals surface area contributed by atoms with E-state index in [0.29, 0.717) is 0 Å². The molecule has 1 aromatic heterocycles. The first-order valence-corrected chi connectivity index (χ1v) is 7.27. The molecule has 2 heterocycles. The molecule has 4 heteroatoms. The molecular weight excluding hydrogens is 248 g/mol. The maximum absolute atomic E-state index is 11.6. The van der Waals surface area contributed by atoms with Crippen LogP contribution in [0.4, 0.5) is 0 Å². The van der Waals surface area contributed by atoms with Gasteiger partial charge in [-0.25, -0.2) is 0 Å². The number of halogens is 1. The Hall–Kier alpha value is -0.800. The molecule has 1 aromatic rings. The summed E-state index contributed by atoms with van der Waals surface area (Å²) < 4.78 is 1.78. The second-order valence-electron chi connectivity index (χ2n) is 5.02. The Morgan fingerprint density at radius 3 is 3.00 bits per heavy atom. The standard InChI is InChI=1S/C14H21ClN2O/c15-7-6-13-4-3-8-16(12-13)10-11-17-9-2-1-5-14(17)18/h1-2,5,9,13H,3-4,6-8,10-12H2. The summed E-state index contributed by atoms with van der Waals surface area (Å²) in [4.78, 5) is 14.0. The molecule has 1 aliphatic rings. The third-order valence-corrected chi connectivity index (χ3v) is 3.89. The lowest BCUT2D eigenvalue weighted by Crippen LogP contribution is -2.38. The molecule has 2 rings (SSSR count). The van der Waals surface area contributed by atoms with Crippen LogP contribution in [0.25, 0.3) is 0 Å². The van der Waals surface area contributed by atoms with E-state index in [4.69, 9.17) is 11.6 Å².